The first-order valence-electron chi connectivity index (χ1n) is 8.27. The van der Waals surface area contributed by atoms with Crippen LogP contribution in [0.3, 0.4) is 0 Å². The van der Waals surface area contributed by atoms with E-state index in [0.717, 1.165) is 0 Å². The van der Waals surface area contributed by atoms with E-state index < -0.39 is 21.9 Å². The monoisotopic (exact) mass is 400 g/mol. The van der Waals surface area contributed by atoms with Gasteiger partial charge in [0, 0.05) is 18.8 Å². The molecule has 0 saturated heterocycles. The Morgan fingerprint density at radius 3 is 2.00 bits per heavy atom. The van der Waals surface area contributed by atoms with Crippen molar-refractivity contribution in [3.05, 3.63) is 85.0 Å². The van der Waals surface area contributed by atoms with Crippen LogP contribution in [0, 0.1) is 0 Å². The summed E-state index contributed by atoms with van der Waals surface area (Å²) in [7, 11) is -3.74. The number of aromatic carboxylic acids is 1. The topological polar surface area (TPSA) is 104 Å². The first-order chi connectivity index (χ1) is 13.3. The van der Waals surface area contributed by atoms with E-state index >= 15 is 0 Å². The summed E-state index contributed by atoms with van der Waals surface area (Å²) in [5.74, 6) is -1.81. The molecule has 0 unspecified atom stereocenters. The van der Waals surface area contributed by atoms with Crippen LogP contribution in [0.5, 0.6) is 0 Å². The molecule has 0 saturated carbocycles. The number of hydrogen-bond acceptors (Lipinski definition) is 4. The summed E-state index contributed by atoms with van der Waals surface area (Å²) >= 11 is 0. The number of benzene rings is 2. The molecule has 0 bridgehead atoms. The summed E-state index contributed by atoms with van der Waals surface area (Å²) in [6.45, 7) is 7.39. The molecule has 0 heterocycles. The standard InChI is InChI=1S/C20H20N2O5S/c1-3-13-22(14-4-2)28(26,27)16-11-9-15(10-12-16)21-19(23)17-7-5-6-8-18(17)20(24)25/h3-12H,1-2,13-14H2,(H,21,23)(H,24,25). The highest BCUT2D eigenvalue weighted by atomic mass is 32.2. The predicted octanol–water partition coefficient (Wildman–Crippen LogP) is 3.00. The number of carboxylic acids is 1. The quantitative estimate of drug-likeness (QED) is 0.630. The van der Waals surface area contributed by atoms with E-state index in [1.165, 1.54) is 58.9 Å². The number of rotatable bonds is 9. The number of nitrogens with zero attached hydrogens (tertiary/aromatic N) is 1. The van der Waals surface area contributed by atoms with Crippen LogP contribution in [0.4, 0.5) is 5.69 Å². The maximum absolute atomic E-state index is 12.7. The molecule has 0 radical (unpaired) electrons. The van der Waals surface area contributed by atoms with Gasteiger partial charge >= 0.3 is 5.97 Å². The van der Waals surface area contributed by atoms with Crippen molar-refractivity contribution in [1.82, 2.24) is 4.31 Å². The maximum atomic E-state index is 12.7. The predicted molar refractivity (Wildman–Crippen MR) is 107 cm³/mol. The Labute approximate surface area is 163 Å². The minimum Gasteiger partial charge on any atom is -0.478 e. The zero-order valence-corrected chi connectivity index (χ0v) is 15.9. The van der Waals surface area contributed by atoms with Gasteiger partial charge in [0.15, 0.2) is 0 Å². The molecule has 8 heteroatoms. The lowest BCUT2D eigenvalue weighted by molar-refractivity contribution is 0.0692. The van der Waals surface area contributed by atoms with Gasteiger partial charge in [0.25, 0.3) is 5.91 Å². The molecule has 0 spiro atoms. The highest BCUT2D eigenvalue weighted by molar-refractivity contribution is 7.89. The summed E-state index contributed by atoms with van der Waals surface area (Å²) in [4.78, 5) is 23.7. The minimum atomic E-state index is -3.74. The van der Waals surface area contributed by atoms with Crippen LogP contribution in [-0.2, 0) is 10.0 Å². The van der Waals surface area contributed by atoms with Crippen LogP contribution in [0.1, 0.15) is 20.7 Å². The molecular weight excluding hydrogens is 380 g/mol. The third-order valence-corrected chi connectivity index (χ3v) is 5.66. The number of sulfonamides is 1. The number of anilines is 1. The Balaban J connectivity index is 2.23. The van der Waals surface area contributed by atoms with Crippen LogP contribution in [-0.4, -0.2) is 42.8 Å². The van der Waals surface area contributed by atoms with E-state index in [9.17, 15) is 23.1 Å². The molecule has 0 aromatic heterocycles. The molecule has 28 heavy (non-hydrogen) atoms. The summed E-state index contributed by atoms with van der Waals surface area (Å²) in [6.07, 6.45) is 2.96. The van der Waals surface area contributed by atoms with Gasteiger partial charge in [0.05, 0.1) is 16.0 Å². The second-order valence-electron chi connectivity index (χ2n) is 5.73. The minimum absolute atomic E-state index is 0.00911. The largest absolute Gasteiger partial charge is 0.478 e. The average Bonchev–Trinajstić information content (AvgIpc) is 2.68. The van der Waals surface area contributed by atoms with Crippen LogP contribution in [0.15, 0.2) is 78.7 Å². The molecule has 2 aromatic carbocycles. The first kappa shape index (κ1) is 21.1. The van der Waals surface area contributed by atoms with Crippen molar-refractivity contribution in [1.29, 1.82) is 0 Å². The molecule has 146 valence electrons. The van der Waals surface area contributed by atoms with Crippen molar-refractivity contribution >= 4 is 27.6 Å². The number of carbonyl (C=O) groups excluding carboxylic acids is 1. The van der Waals surface area contributed by atoms with Crippen LogP contribution >= 0.6 is 0 Å². The number of carboxylic acid groups (broad SMARTS) is 1. The van der Waals surface area contributed by atoms with Gasteiger partial charge in [0.2, 0.25) is 10.0 Å². The number of nitrogens with one attached hydrogen (secondary N) is 1. The lowest BCUT2D eigenvalue weighted by Gasteiger charge is -2.19. The molecule has 7 nitrogen and oxygen atoms in total. The van der Waals surface area contributed by atoms with Crippen molar-refractivity contribution in [2.24, 2.45) is 0 Å². The Kier molecular flexibility index (Phi) is 6.86. The fraction of sp³-hybridized carbons (Fsp3) is 0.100. The van der Waals surface area contributed by atoms with Gasteiger partial charge in [-0.1, -0.05) is 24.3 Å². The van der Waals surface area contributed by atoms with Gasteiger partial charge in [-0.15, -0.1) is 13.2 Å². The number of hydrogen-bond donors (Lipinski definition) is 2. The fourth-order valence-corrected chi connectivity index (χ4v) is 3.87. The zero-order valence-electron chi connectivity index (χ0n) is 15.0. The van der Waals surface area contributed by atoms with E-state index in [1.807, 2.05) is 0 Å². The van der Waals surface area contributed by atoms with Crippen molar-refractivity contribution in [3.8, 4) is 0 Å². The number of amides is 1. The molecule has 0 aliphatic heterocycles. The molecule has 2 N–H and O–H groups in total. The summed E-state index contributed by atoms with van der Waals surface area (Å²) in [5.41, 5.74) is 0.224. The maximum Gasteiger partial charge on any atom is 0.336 e. The highest BCUT2D eigenvalue weighted by Crippen LogP contribution is 2.19. The smallest absolute Gasteiger partial charge is 0.336 e. The first-order valence-corrected chi connectivity index (χ1v) is 9.71. The molecular formula is C20H20N2O5S. The van der Waals surface area contributed by atoms with Crippen LogP contribution in [0.2, 0.25) is 0 Å². The number of carbonyl (C=O) groups is 2. The van der Waals surface area contributed by atoms with E-state index in [4.69, 9.17) is 0 Å². The molecule has 0 fully saturated rings. The second-order valence-corrected chi connectivity index (χ2v) is 7.67. The second kappa shape index (κ2) is 9.12. The van der Waals surface area contributed by atoms with Gasteiger partial charge in [-0.25, -0.2) is 13.2 Å². The lowest BCUT2D eigenvalue weighted by Crippen LogP contribution is -2.31. The summed E-state index contributed by atoms with van der Waals surface area (Å²) in [5, 5.41) is 11.7. The molecule has 2 aromatic rings. The zero-order chi connectivity index (χ0) is 20.7. The summed E-state index contributed by atoms with van der Waals surface area (Å²) < 4.78 is 26.5. The lowest BCUT2D eigenvalue weighted by atomic mass is 10.1. The molecule has 0 aliphatic carbocycles. The Morgan fingerprint density at radius 2 is 1.50 bits per heavy atom. The summed E-state index contributed by atoms with van der Waals surface area (Å²) in [6, 6.07) is 11.4. The Hall–Kier alpha value is -3.23. The van der Waals surface area contributed by atoms with Crippen LogP contribution in [0.25, 0.3) is 0 Å². The van der Waals surface area contributed by atoms with E-state index in [2.05, 4.69) is 18.5 Å². The van der Waals surface area contributed by atoms with Gasteiger partial charge in [-0.3, -0.25) is 4.79 Å². The van der Waals surface area contributed by atoms with Crippen LogP contribution < -0.4 is 5.32 Å². The third-order valence-electron chi connectivity index (χ3n) is 3.82. The fourth-order valence-electron chi connectivity index (χ4n) is 2.48. The third kappa shape index (κ3) is 4.73. The van der Waals surface area contributed by atoms with Gasteiger partial charge in [0.1, 0.15) is 0 Å². The van der Waals surface area contributed by atoms with Crippen molar-refractivity contribution in [2.75, 3.05) is 18.4 Å². The SMILES string of the molecule is C=CCN(CC=C)S(=O)(=O)c1ccc(NC(=O)c2ccccc2C(=O)O)cc1. The van der Waals surface area contributed by atoms with E-state index in [0.29, 0.717) is 5.69 Å². The Bertz CT molecular complexity index is 988. The van der Waals surface area contributed by atoms with Gasteiger partial charge in [-0.2, -0.15) is 4.31 Å². The highest BCUT2D eigenvalue weighted by Gasteiger charge is 2.22. The molecule has 1 amide bonds. The molecule has 0 aliphatic rings. The van der Waals surface area contributed by atoms with E-state index in [1.54, 1.807) is 6.07 Å². The Morgan fingerprint density at radius 1 is 0.964 bits per heavy atom. The van der Waals surface area contributed by atoms with Crippen molar-refractivity contribution in [3.63, 3.8) is 0 Å². The molecule has 0 atom stereocenters. The van der Waals surface area contributed by atoms with Gasteiger partial charge < -0.3 is 10.4 Å². The molecule has 2 rings (SSSR count). The van der Waals surface area contributed by atoms with E-state index in [-0.39, 0.29) is 29.1 Å². The average molecular weight is 400 g/mol. The van der Waals surface area contributed by atoms with Crippen molar-refractivity contribution in [2.45, 2.75) is 4.90 Å². The van der Waals surface area contributed by atoms with Gasteiger partial charge in [-0.05, 0) is 36.4 Å². The normalized spacial score (nSPS) is 11.0. The van der Waals surface area contributed by atoms with Crippen molar-refractivity contribution < 1.29 is 23.1 Å².